The predicted octanol–water partition coefficient (Wildman–Crippen LogP) is 17.5. The van der Waals surface area contributed by atoms with Gasteiger partial charge in [0.2, 0.25) is 0 Å². The van der Waals surface area contributed by atoms with Gasteiger partial charge >= 0.3 is 5.97 Å². The molecule has 0 fully saturated rings. The number of methoxy groups -OCH3 is 2. The molecule has 0 N–H and O–H groups in total. The van der Waals surface area contributed by atoms with Gasteiger partial charge < -0.3 is 14.2 Å². The van der Waals surface area contributed by atoms with Gasteiger partial charge in [0, 0.05) is 11.1 Å². The highest BCUT2D eigenvalue weighted by molar-refractivity contribution is 6.82. The van der Waals surface area contributed by atoms with Crippen molar-refractivity contribution in [3.63, 3.8) is 0 Å². The second-order valence-electron chi connectivity index (χ2n) is 25.8. The van der Waals surface area contributed by atoms with Gasteiger partial charge in [-0.1, -0.05) is 0 Å². The number of ether oxygens (including phenoxy) is 3. The lowest BCUT2D eigenvalue weighted by molar-refractivity contribution is -0.0292. The van der Waals surface area contributed by atoms with E-state index in [9.17, 15) is 0 Å². The van der Waals surface area contributed by atoms with Crippen molar-refractivity contribution in [3.8, 4) is 11.5 Å². The molecule has 0 saturated heterocycles. The normalized spacial score (nSPS) is 21.8. The molecule has 29 aromatic carbocycles. The number of hydrogen-bond donors (Lipinski definition) is 0. The number of hydrogen-bond acceptors (Lipinski definition) is 4. The van der Waals surface area contributed by atoms with Crippen molar-refractivity contribution in [2.45, 2.75) is 11.0 Å². The molecule has 0 amide bonds. The smallest absolute Gasteiger partial charge is 0.339 e. The molecule has 308 valence electrons. The van der Waals surface area contributed by atoms with Crippen LogP contribution in [0.1, 0.15) is 38.2 Å². The van der Waals surface area contributed by atoms with Crippen LogP contribution >= 0.6 is 0 Å². The summed E-state index contributed by atoms with van der Waals surface area (Å²) in [6, 6.07) is 4.25. The molecule has 4 aliphatic carbocycles. The van der Waals surface area contributed by atoms with E-state index in [4.69, 9.17) is 14.2 Å². The van der Waals surface area contributed by atoms with Gasteiger partial charge in [-0.15, -0.1) is 0 Å². The van der Waals surface area contributed by atoms with Gasteiger partial charge in [0.25, 0.3) is 0 Å². The molecule has 0 unspecified atom stereocenters. The Morgan fingerprint density at radius 3 is 0.685 bits per heavy atom. The maximum atomic E-state index is 16.2. The van der Waals surface area contributed by atoms with Gasteiger partial charge in [-0.25, -0.2) is 4.79 Å². The minimum atomic E-state index is -1.16. The number of carbonyl (C=O) groups is 1. The predicted molar refractivity (Wildman–Crippen MR) is 298 cm³/mol. The van der Waals surface area contributed by atoms with Gasteiger partial charge in [0.1, 0.15) is 0 Å². The lowest BCUT2D eigenvalue weighted by Gasteiger charge is -2.55. The Labute approximate surface area is 396 Å². The molecule has 0 radical (unpaired) electrons. The molecule has 29 aromatic rings. The lowest BCUT2D eigenvalue weighted by Crippen LogP contribution is -2.58. The van der Waals surface area contributed by atoms with Crippen molar-refractivity contribution < 1.29 is 19.0 Å². The van der Waals surface area contributed by atoms with Crippen LogP contribution in [0, 0.1) is 0 Å². The molecule has 34 rings (SSSR count). The van der Waals surface area contributed by atoms with Crippen molar-refractivity contribution in [2.75, 3.05) is 14.2 Å². The molecule has 4 heteroatoms. The third-order valence-corrected chi connectivity index (χ3v) is 25.6. The highest BCUT2D eigenvalue weighted by Gasteiger charge is 2.75. The van der Waals surface area contributed by atoms with Gasteiger partial charge in [-0.2, -0.15) is 0 Å². The number of fused-ring (bicyclic) bond motifs is 1. The van der Waals surface area contributed by atoms with Crippen molar-refractivity contribution in [1.29, 1.82) is 0 Å². The second-order valence-corrected chi connectivity index (χ2v) is 25.8. The minimum Gasteiger partial charge on any atom is -0.493 e. The van der Waals surface area contributed by atoms with Crippen molar-refractivity contribution in [2.24, 2.45) is 0 Å². The van der Waals surface area contributed by atoms with E-state index in [0.717, 1.165) is 5.56 Å². The molecular formula is C69H8O4. The zero-order chi connectivity index (χ0) is 43.9. The summed E-state index contributed by atoms with van der Waals surface area (Å²) in [6.07, 6.45) is 0. The summed E-state index contributed by atoms with van der Waals surface area (Å²) >= 11 is 0. The number of benzene rings is 19. The molecule has 5 aliphatic rings. The number of rotatable bonds is 2. The third-order valence-electron chi connectivity index (χ3n) is 25.6. The molecule has 73 heavy (non-hydrogen) atoms. The van der Waals surface area contributed by atoms with Crippen LogP contribution in [0.15, 0.2) is 12.1 Å². The van der Waals surface area contributed by atoms with Crippen LogP contribution < -0.4 is 9.47 Å². The van der Waals surface area contributed by atoms with E-state index in [1.165, 1.54) is 173 Å². The van der Waals surface area contributed by atoms with E-state index < -0.39 is 11.0 Å². The Morgan fingerprint density at radius 1 is 0.274 bits per heavy atom. The first-order valence-corrected chi connectivity index (χ1v) is 26.5. The molecule has 4 nitrogen and oxygen atoms in total. The summed E-state index contributed by atoms with van der Waals surface area (Å²) < 4.78 is 20.7. The summed E-state index contributed by atoms with van der Waals surface area (Å²) in [5.74, 6) is 0.987. The van der Waals surface area contributed by atoms with Crippen LogP contribution in [0.25, 0.3) is 291 Å². The Morgan fingerprint density at radius 2 is 0.466 bits per heavy atom. The van der Waals surface area contributed by atoms with E-state index in [-0.39, 0.29) is 5.97 Å². The second kappa shape index (κ2) is 6.18. The zero-order valence-corrected chi connectivity index (χ0v) is 37.3. The van der Waals surface area contributed by atoms with E-state index in [1.807, 2.05) is 6.07 Å². The third kappa shape index (κ3) is 1.46. The van der Waals surface area contributed by atoms with Gasteiger partial charge in [-0.05, 0) is 320 Å². The molecular weight excluding hydrogens is 893 g/mol. The van der Waals surface area contributed by atoms with Gasteiger partial charge in [0.05, 0.1) is 25.2 Å². The Bertz CT molecular complexity index is 7420. The average molecular weight is 901 g/mol. The maximum Gasteiger partial charge on any atom is 0.339 e. The minimum absolute atomic E-state index is 0.251. The van der Waals surface area contributed by atoms with Crippen molar-refractivity contribution in [1.82, 2.24) is 0 Å². The van der Waals surface area contributed by atoms with Crippen LogP contribution in [-0.2, 0) is 15.8 Å². The molecule has 1 heterocycles. The fraction of sp³-hybridized carbons (Fsp3) is 0.0580. The van der Waals surface area contributed by atoms with Crippen LogP contribution in [-0.4, -0.2) is 20.2 Å². The van der Waals surface area contributed by atoms with Crippen molar-refractivity contribution in [3.05, 3.63) is 45.5 Å². The van der Waals surface area contributed by atoms with E-state index in [0.29, 0.717) is 17.1 Å². The zero-order valence-electron chi connectivity index (χ0n) is 37.3. The fourth-order valence-electron chi connectivity index (χ4n) is 25.4. The lowest BCUT2D eigenvalue weighted by atomic mass is 9.50. The summed E-state index contributed by atoms with van der Waals surface area (Å²) in [4.78, 5) is 16.2. The van der Waals surface area contributed by atoms with Crippen molar-refractivity contribution >= 4 is 297 Å². The van der Waals surface area contributed by atoms with E-state index >= 15 is 4.79 Å². The van der Waals surface area contributed by atoms with Crippen LogP contribution in [0.2, 0.25) is 0 Å². The van der Waals surface area contributed by atoms with Crippen LogP contribution in [0.3, 0.4) is 0 Å². The van der Waals surface area contributed by atoms with Gasteiger partial charge in [-0.3, -0.25) is 0 Å². The molecule has 0 aromatic heterocycles. The highest BCUT2D eigenvalue weighted by atomic mass is 16.6. The summed E-state index contributed by atoms with van der Waals surface area (Å²) in [5.41, 5.74) is 5.03. The first kappa shape index (κ1) is 27.4. The Balaban J connectivity index is 1.17. The Kier molecular flexibility index (Phi) is 2.32. The largest absolute Gasteiger partial charge is 0.493 e. The van der Waals surface area contributed by atoms with E-state index in [2.05, 4.69) is 6.07 Å². The fourth-order valence-corrected chi connectivity index (χ4v) is 25.4. The molecule has 0 saturated carbocycles. The molecule has 0 atom stereocenters. The first-order chi connectivity index (χ1) is 36.2. The van der Waals surface area contributed by atoms with E-state index in [1.54, 1.807) is 154 Å². The summed E-state index contributed by atoms with van der Waals surface area (Å²) in [6.45, 7) is 0. The average Bonchev–Trinajstić information content (AvgIpc) is 4.22. The maximum absolute atomic E-state index is 16.2. The van der Waals surface area contributed by atoms with Crippen LogP contribution in [0.5, 0.6) is 11.5 Å². The quantitative estimate of drug-likeness (QED) is 0.128. The molecule has 2 spiro atoms. The van der Waals surface area contributed by atoms with Crippen LogP contribution in [0.4, 0.5) is 0 Å². The summed E-state index contributed by atoms with van der Waals surface area (Å²) in [7, 11) is 3.47. The number of carbonyl (C=O) groups excluding carboxylic acids is 1. The Hall–Kier alpha value is -9.25. The molecule has 1 aliphatic heterocycles. The highest BCUT2D eigenvalue weighted by Crippen LogP contribution is 2.86. The standard InChI is InChI=1S/C69H8O4/c1-71-7-3-5-6(4-8(7)72-2)68-63-55-47-37-27-19-11-9-10-13-17-15(11)23-31-25(17)35-29-21(13)22-14(10)18-16-12(9)20(19)28-34-24(16)32-26(18)36-30(22)40-39(29)51-45(35)53-43(31)49(41(47)33(23)27)57(63)59(53)65-61(51)62-52(40)46(36)54-44(32)50-42(34)48(38(28)37)56(55)64(68)58(50)60(54)66(62)69(65,68)73-67(5)70/h3-4H,1-2H3. The molecule has 0 bridgehead atoms. The topological polar surface area (TPSA) is 44.8 Å². The number of esters is 1. The van der Waals surface area contributed by atoms with Gasteiger partial charge in [0.15, 0.2) is 17.1 Å². The summed E-state index contributed by atoms with van der Waals surface area (Å²) in [5, 5.41) is 82.4. The first-order valence-electron chi connectivity index (χ1n) is 26.5. The SMILES string of the molecule is COc1cc2c(cc1OC)C13c4c5c6c7c8c9c(c%10c%11c1c1c4c4c%12c5c5c6c6c8c8c%13c9c9c%10c%10c%11c%11c1c1c4c4c%12c%12c5c5c6c8c6c8c%13c9c9c%10c%10c%11c1c1c4c4c%12c5c6c5c8c9c%10c1c45)C73OC2=O. The monoisotopic (exact) mass is 900 g/mol.